The van der Waals surface area contributed by atoms with E-state index in [1.165, 1.54) is 43.4 Å². The van der Waals surface area contributed by atoms with Crippen molar-refractivity contribution in [1.82, 2.24) is 25.1 Å². The van der Waals surface area contributed by atoms with E-state index in [-0.39, 0.29) is 11.8 Å². The monoisotopic (exact) mass is 305 g/mol. The minimum absolute atomic E-state index is 0.183. The molecule has 0 unspecified atom stereocenters. The first kappa shape index (κ1) is 13.2. The third-order valence-corrected chi connectivity index (χ3v) is 5.29. The van der Waals surface area contributed by atoms with Crippen LogP contribution in [0, 0.1) is 5.92 Å². The molecule has 2 saturated carbocycles. The molecule has 2 aromatic rings. The second-order valence-corrected chi connectivity index (χ2v) is 7.12. The van der Waals surface area contributed by atoms with Gasteiger partial charge in [-0.25, -0.2) is 0 Å². The molecule has 0 aliphatic heterocycles. The van der Waals surface area contributed by atoms with Crippen LogP contribution in [0.3, 0.4) is 0 Å². The first-order valence-corrected chi connectivity index (χ1v) is 8.61. The van der Waals surface area contributed by atoms with Gasteiger partial charge in [-0.2, -0.15) is 9.61 Å². The molecule has 2 aliphatic carbocycles. The summed E-state index contributed by atoms with van der Waals surface area (Å²) in [6.07, 6.45) is 8.06. The Morgan fingerprint density at radius 3 is 2.76 bits per heavy atom. The zero-order valence-corrected chi connectivity index (χ0v) is 12.7. The van der Waals surface area contributed by atoms with Crippen LogP contribution in [0.5, 0.6) is 0 Å². The zero-order chi connectivity index (χ0) is 14.2. The number of nitrogens with one attached hydrogen (secondary N) is 1. The Morgan fingerprint density at radius 1 is 1.19 bits per heavy atom. The summed E-state index contributed by atoms with van der Waals surface area (Å²) >= 11 is 1.52. The van der Waals surface area contributed by atoms with Crippen LogP contribution >= 0.6 is 11.3 Å². The molecule has 0 aromatic carbocycles. The molecule has 7 heteroatoms. The van der Waals surface area contributed by atoms with Gasteiger partial charge in [-0.15, -0.1) is 10.2 Å². The molecule has 1 amide bonds. The number of carbonyl (C=O) groups excluding carboxylic acids is 1. The lowest BCUT2D eigenvalue weighted by Crippen LogP contribution is -2.31. The fourth-order valence-corrected chi connectivity index (χ4v) is 3.79. The van der Waals surface area contributed by atoms with E-state index in [2.05, 4.69) is 20.6 Å². The summed E-state index contributed by atoms with van der Waals surface area (Å²) < 4.78 is 1.85. The van der Waals surface area contributed by atoms with Crippen LogP contribution in [0.1, 0.15) is 61.7 Å². The Hall–Kier alpha value is -1.50. The predicted molar refractivity (Wildman–Crippen MR) is 79.1 cm³/mol. The van der Waals surface area contributed by atoms with Gasteiger partial charge in [-0.05, 0) is 25.7 Å². The molecule has 4 rings (SSSR count). The lowest BCUT2D eigenvalue weighted by atomic mass is 9.89. The number of hydrogen-bond acceptors (Lipinski definition) is 5. The predicted octanol–water partition coefficient (Wildman–Crippen LogP) is 2.26. The van der Waals surface area contributed by atoms with E-state index in [4.69, 9.17) is 0 Å². The summed E-state index contributed by atoms with van der Waals surface area (Å²) in [5.74, 6) is 1.90. The maximum absolute atomic E-state index is 12.1. The zero-order valence-electron chi connectivity index (χ0n) is 11.9. The Labute approximate surface area is 126 Å². The Morgan fingerprint density at radius 2 is 2.00 bits per heavy atom. The highest BCUT2D eigenvalue weighted by molar-refractivity contribution is 7.16. The highest BCUT2D eigenvalue weighted by Crippen LogP contribution is 2.39. The maximum Gasteiger partial charge on any atom is 0.234 e. The number of carbonyl (C=O) groups is 1. The third kappa shape index (κ3) is 2.66. The highest BCUT2D eigenvalue weighted by Gasteiger charge is 2.30. The van der Waals surface area contributed by atoms with Gasteiger partial charge in [0.05, 0.1) is 6.54 Å². The van der Waals surface area contributed by atoms with Crippen LogP contribution in [0.2, 0.25) is 0 Å². The molecule has 0 saturated heterocycles. The number of rotatable bonds is 4. The van der Waals surface area contributed by atoms with E-state index in [9.17, 15) is 4.79 Å². The normalized spacial score (nSPS) is 20.0. The van der Waals surface area contributed by atoms with Crippen LogP contribution in [0.4, 0.5) is 0 Å². The van der Waals surface area contributed by atoms with E-state index >= 15 is 0 Å². The molecule has 2 fully saturated rings. The van der Waals surface area contributed by atoms with Crippen molar-refractivity contribution < 1.29 is 4.79 Å². The number of nitrogens with zero attached hydrogens (tertiary/aromatic N) is 4. The number of aromatic nitrogens is 4. The second kappa shape index (κ2) is 5.36. The maximum atomic E-state index is 12.1. The molecule has 0 bridgehead atoms. The van der Waals surface area contributed by atoms with Crippen LogP contribution in [-0.2, 0) is 11.3 Å². The molecule has 112 valence electrons. The molecule has 1 N–H and O–H groups in total. The molecular formula is C14H19N5OS. The van der Waals surface area contributed by atoms with Gasteiger partial charge in [0.15, 0.2) is 5.82 Å². The molecule has 2 aliphatic rings. The van der Waals surface area contributed by atoms with Crippen molar-refractivity contribution in [3.63, 3.8) is 0 Å². The lowest BCUT2D eigenvalue weighted by molar-refractivity contribution is -0.126. The van der Waals surface area contributed by atoms with E-state index < -0.39 is 0 Å². The highest BCUT2D eigenvalue weighted by atomic mass is 32.1. The van der Waals surface area contributed by atoms with Gasteiger partial charge in [0.2, 0.25) is 10.9 Å². The summed E-state index contributed by atoms with van der Waals surface area (Å²) in [6.45, 7) is 0.507. The molecule has 21 heavy (non-hydrogen) atoms. The van der Waals surface area contributed by atoms with E-state index in [1.54, 1.807) is 0 Å². The third-order valence-electron chi connectivity index (χ3n) is 4.39. The summed E-state index contributed by atoms with van der Waals surface area (Å²) in [4.78, 5) is 13.0. The summed E-state index contributed by atoms with van der Waals surface area (Å²) in [7, 11) is 0. The smallest absolute Gasteiger partial charge is 0.234 e. The Balaban J connectivity index is 1.41. The van der Waals surface area contributed by atoms with Crippen LogP contribution in [0.25, 0.3) is 4.96 Å². The quantitative estimate of drug-likeness (QED) is 0.940. The molecule has 0 radical (unpaired) electrons. The number of hydrogen-bond donors (Lipinski definition) is 1. The van der Waals surface area contributed by atoms with Crippen LogP contribution < -0.4 is 5.32 Å². The summed E-state index contributed by atoms with van der Waals surface area (Å²) in [6, 6.07) is 0. The molecule has 0 atom stereocenters. The van der Waals surface area contributed by atoms with E-state index in [0.717, 1.165) is 28.6 Å². The van der Waals surface area contributed by atoms with Crippen molar-refractivity contribution in [3.05, 3.63) is 10.8 Å². The minimum Gasteiger partial charge on any atom is -0.349 e. The van der Waals surface area contributed by atoms with Crippen molar-refractivity contribution in [2.24, 2.45) is 5.92 Å². The topological polar surface area (TPSA) is 72.2 Å². The molecular weight excluding hydrogens is 286 g/mol. The summed E-state index contributed by atoms with van der Waals surface area (Å²) in [5, 5.41) is 16.9. The average Bonchev–Trinajstić information content (AvgIpc) is 3.16. The Kier molecular flexibility index (Phi) is 3.37. The summed E-state index contributed by atoms with van der Waals surface area (Å²) in [5.41, 5.74) is 0. The van der Waals surface area contributed by atoms with Crippen molar-refractivity contribution in [2.75, 3.05) is 0 Å². The Bertz CT molecular complexity index is 653. The van der Waals surface area contributed by atoms with Gasteiger partial charge in [0.25, 0.3) is 0 Å². The van der Waals surface area contributed by atoms with Crippen molar-refractivity contribution in [1.29, 1.82) is 0 Å². The average molecular weight is 305 g/mol. The van der Waals surface area contributed by atoms with Gasteiger partial charge < -0.3 is 5.32 Å². The largest absolute Gasteiger partial charge is 0.349 e. The van der Waals surface area contributed by atoms with Gasteiger partial charge in [-0.1, -0.05) is 30.6 Å². The number of amides is 1. The molecule has 6 nitrogen and oxygen atoms in total. The van der Waals surface area contributed by atoms with Crippen molar-refractivity contribution in [2.45, 2.75) is 57.4 Å². The molecule has 2 aromatic heterocycles. The van der Waals surface area contributed by atoms with Crippen molar-refractivity contribution >= 4 is 22.2 Å². The first-order chi connectivity index (χ1) is 10.3. The standard InChI is InChI=1S/C14H19N5OS/c20-13(10-4-2-1-3-5-10)15-8-11-18-19-12(9-6-7-9)16-17-14(19)21-11/h9-10H,1-8H2,(H,15,20). The fraction of sp³-hybridized carbons (Fsp3) is 0.714. The lowest BCUT2D eigenvalue weighted by Gasteiger charge is -2.20. The minimum atomic E-state index is 0.183. The van der Waals surface area contributed by atoms with Crippen LogP contribution in [0.15, 0.2) is 0 Å². The van der Waals surface area contributed by atoms with Gasteiger partial charge >= 0.3 is 0 Å². The van der Waals surface area contributed by atoms with Gasteiger partial charge in [0, 0.05) is 11.8 Å². The fourth-order valence-electron chi connectivity index (χ4n) is 3.01. The second-order valence-electron chi connectivity index (χ2n) is 6.08. The van der Waals surface area contributed by atoms with Crippen LogP contribution in [-0.4, -0.2) is 25.7 Å². The van der Waals surface area contributed by atoms with E-state index in [1.807, 2.05) is 4.52 Å². The SMILES string of the molecule is O=C(NCc1nn2c(C3CC3)nnc2s1)C1CCCCC1. The van der Waals surface area contributed by atoms with Gasteiger partial charge in [0.1, 0.15) is 5.01 Å². The number of fused-ring (bicyclic) bond motifs is 1. The van der Waals surface area contributed by atoms with Gasteiger partial charge in [-0.3, -0.25) is 4.79 Å². The molecule has 2 heterocycles. The molecule has 0 spiro atoms. The van der Waals surface area contributed by atoms with E-state index in [0.29, 0.717) is 12.5 Å². The first-order valence-electron chi connectivity index (χ1n) is 7.80. The van der Waals surface area contributed by atoms with Crippen molar-refractivity contribution in [3.8, 4) is 0 Å².